The summed E-state index contributed by atoms with van der Waals surface area (Å²) < 4.78 is 12.8. The summed E-state index contributed by atoms with van der Waals surface area (Å²) in [5, 5.41) is 9.75. The van der Waals surface area contributed by atoms with Gasteiger partial charge < -0.3 is 10.0 Å². The molecule has 2 bridgehead atoms. The van der Waals surface area contributed by atoms with Crippen molar-refractivity contribution in [3.05, 3.63) is 35.6 Å². The minimum atomic E-state index is -0.247. The van der Waals surface area contributed by atoms with Gasteiger partial charge in [-0.15, -0.1) is 0 Å². The van der Waals surface area contributed by atoms with Crippen LogP contribution in [0.15, 0.2) is 24.3 Å². The van der Waals surface area contributed by atoms with E-state index in [-0.39, 0.29) is 29.9 Å². The lowest BCUT2D eigenvalue weighted by atomic mass is 9.99. The zero-order chi connectivity index (χ0) is 14.1. The van der Waals surface area contributed by atoms with Crippen molar-refractivity contribution in [2.75, 3.05) is 0 Å². The Hall–Kier alpha value is -1.42. The summed E-state index contributed by atoms with van der Waals surface area (Å²) in [6.45, 7) is 0. The molecule has 2 aliphatic rings. The quantitative estimate of drug-likeness (QED) is 0.920. The molecule has 1 N–H and O–H groups in total. The van der Waals surface area contributed by atoms with Gasteiger partial charge in [0.2, 0.25) is 5.91 Å². The molecule has 2 heterocycles. The Morgan fingerprint density at radius 1 is 1.20 bits per heavy atom. The Bertz CT molecular complexity index is 474. The van der Waals surface area contributed by atoms with Crippen LogP contribution in [0.4, 0.5) is 4.39 Å². The van der Waals surface area contributed by atoms with Gasteiger partial charge in [0.15, 0.2) is 0 Å². The fraction of sp³-hybridized carbons (Fsp3) is 0.562. The first-order chi connectivity index (χ1) is 9.63. The molecule has 3 nitrogen and oxygen atoms in total. The number of fused-ring (bicyclic) bond motifs is 2. The first-order valence-electron chi connectivity index (χ1n) is 7.37. The van der Waals surface area contributed by atoms with Gasteiger partial charge in [-0.1, -0.05) is 12.1 Å². The van der Waals surface area contributed by atoms with Gasteiger partial charge in [-0.05, 0) is 49.8 Å². The number of halogens is 1. The third-order valence-corrected chi connectivity index (χ3v) is 4.54. The fourth-order valence-electron chi connectivity index (χ4n) is 3.59. The van der Waals surface area contributed by atoms with Crippen LogP contribution in [0, 0.1) is 5.82 Å². The van der Waals surface area contributed by atoms with Gasteiger partial charge in [-0.2, -0.15) is 0 Å². The molecule has 3 rings (SSSR count). The molecule has 2 aliphatic heterocycles. The standard InChI is InChI=1S/C16H20FNO2/c17-12-4-1-11(2-5-12)3-8-16(20)18-13-6-7-14(18)10-15(19)9-13/h1-2,4-5,13-15,19H,3,6-10H2. The smallest absolute Gasteiger partial charge is 0.223 e. The van der Waals surface area contributed by atoms with E-state index in [1.54, 1.807) is 12.1 Å². The second-order valence-corrected chi connectivity index (χ2v) is 5.94. The van der Waals surface area contributed by atoms with E-state index >= 15 is 0 Å². The number of carbonyl (C=O) groups is 1. The van der Waals surface area contributed by atoms with E-state index in [0.717, 1.165) is 31.2 Å². The maximum Gasteiger partial charge on any atom is 0.223 e. The zero-order valence-corrected chi connectivity index (χ0v) is 11.5. The second kappa shape index (κ2) is 5.52. The lowest BCUT2D eigenvalue weighted by molar-refractivity contribution is -0.137. The van der Waals surface area contributed by atoms with E-state index in [1.165, 1.54) is 12.1 Å². The normalized spacial score (nSPS) is 28.7. The van der Waals surface area contributed by atoms with Crippen molar-refractivity contribution in [1.82, 2.24) is 4.90 Å². The largest absolute Gasteiger partial charge is 0.393 e. The van der Waals surface area contributed by atoms with Gasteiger partial charge in [0, 0.05) is 18.5 Å². The minimum absolute atomic E-state index is 0.175. The summed E-state index contributed by atoms with van der Waals surface area (Å²) in [5.41, 5.74) is 0.990. The molecule has 0 radical (unpaired) electrons. The number of piperidine rings is 1. The number of aliphatic hydroxyl groups is 1. The van der Waals surface area contributed by atoms with Crippen LogP contribution < -0.4 is 0 Å². The molecule has 4 heteroatoms. The van der Waals surface area contributed by atoms with Crippen LogP contribution in [-0.4, -0.2) is 34.1 Å². The molecule has 1 aromatic rings. The third-order valence-electron chi connectivity index (χ3n) is 4.54. The summed E-state index contributed by atoms with van der Waals surface area (Å²) in [7, 11) is 0. The Morgan fingerprint density at radius 2 is 1.80 bits per heavy atom. The summed E-state index contributed by atoms with van der Waals surface area (Å²) >= 11 is 0. The minimum Gasteiger partial charge on any atom is -0.393 e. The van der Waals surface area contributed by atoms with Crippen molar-refractivity contribution in [3.63, 3.8) is 0 Å². The predicted molar refractivity (Wildman–Crippen MR) is 73.6 cm³/mol. The highest BCUT2D eigenvalue weighted by atomic mass is 19.1. The molecule has 1 amide bonds. The first kappa shape index (κ1) is 13.6. The summed E-state index contributed by atoms with van der Waals surface area (Å²) in [6.07, 6.45) is 4.35. The van der Waals surface area contributed by atoms with Crippen LogP contribution >= 0.6 is 0 Å². The number of aliphatic hydroxyl groups excluding tert-OH is 1. The van der Waals surface area contributed by atoms with E-state index in [9.17, 15) is 14.3 Å². The van der Waals surface area contributed by atoms with Crippen molar-refractivity contribution in [2.45, 2.75) is 56.7 Å². The van der Waals surface area contributed by atoms with E-state index in [0.29, 0.717) is 12.8 Å². The highest BCUT2D eigenvalue weighted by Gasteiger charge is 2.42. The number of benzene rings is 1. The van der Waals surface area contributed by atoms with E-state index < -0.39 is 0 Å². The second-order valence-electron chi connectivity index (χ2n) is 5.94. The highest BCUT2D eigenvalue weighted by molar-refractivity contribution is 5.77. The molecule has 20 heavy (non-hydrogen) atoms. The first-order valence-corrected chi connectivity index (χ1v) is 7.37. The van der Waals surface area contributed by atoms with E-state index in [4.69, 9.17) is 0 Å². The maximum absolute atomic E-state index is 12.8. The molecule has 108 valence electrons. The zero-order valence-electron chi connectivity index (χ0n) is 11.5. The Morgan fingerprint density at radius 3 is 2.40 bits per heavy atom. The van der Waals surface area contributed by atoms with Crippen molar-refractivity contribution < 1.29 is 14.3 Å². The number of hydrogen-bond donors (Lipinski definition) is 1. The molecule has 0 spiro atoms. The average molecular weight is 277 g/mol. The molecule has 0 aliphatic carbocycles. The van der Waals surface area contributed by atoms with Crippen LogP contribution in [0.3, 0.4) is 0 Å². The average Bonchev–Trinajstić information content (AvgIpc) is 2.70. The molecule has 0 aromatic heterocycles. The van der Waals surface area contributed by atoms with Crippen LogP contribution in [0.25, 0.3) is 0 Å². The third kappa shape index (κ3) is 2.70. The lowest BCUT2D eigenvalue weighted by Crippen LogP contribution is -2.48. The van der Waals surface area contributed by atoms with Gasteiger partial charge in [0.25, 0.3) is 0 Å². The maximum atomic E-state index is 12.8. The summed E-state index contributed by atoms with van der Waals surface area (Å²) in [5.74, 6) is -0.0723. The van der Waals surface area contributed by atoms with Crippen molar-refractivity contribution in [1.29, 1.82) is 0 Å². The molecule has 1 aromatic carbocycles. The number of amides is 1. The number of rotatable bonds is 3. The highest BCUT2D eigenvalue weighted by Crippen LogP contribution is 2.36. The molecular formula is C16H20FNO2. The van der Waals surface area contributed by atoms with Gasteiger partial charge >= 0.3 is 0 Å². The molecule has 2 saturated heterocycles. The molecular weight excluding hydrogens is 257 g/mol. The van der Waals surface area contributed by atoms with Gasteiger partial charge in [-0.25, -0.2) is 4.39 Å². The topological polar surface area (TPSA) is 40.5 Å². The summed E-state index contributed by atoms with van der Waals surface area (Å²) in [4.78, 5) is 14.4. The van der Waals surface area contributed by atoms with Crippen LogP contribution in [0.2, 0.25) is 0 Å². The summed E-state index contributed by atoms with van der Waals surface area (Å²) in [6, 6.07) is 6.78. The van der Waals surface area contributed by atoms with E-state index in [2.05, 4.69) is 0 Å². The van der Waals surface area contributed by atoms with Crippen LogP contribution in [0.1, 0.15) is 37.7 Å². The Balaban J connectivity index is 1.58. The van der Waals surface area contributed by atoms with Crippen molar-refractivity contribution in [2.24, 2.45) is 0 Å². The number of aryl methyl sites for hydroxylation is 1. The molecule has 0 saturated carbocycles. The Labute approximate surface area is 118 Å². The van der Waals surface area contributed by atoms with Crippen LogP contribution in [0.5, 0.6) is 0 Å². The molecule has 2 unspecified atom stereocenters. The number of nitrogens with zero attached hydrogens (tertiary/aromatic N) is 1. The van der Waals surface area contributed by atoms with Gasteiger partial charge in [0.1, 0.15) is 5.82 Å². The number of carbonyl (C=O) groups excluding carboxylic acids is 1. The SMILES string of the molecule is O=C(CCc1ccc(F)cc1)N1C2CCC1CC(O)C2. The molecule has 2 fully saturated rings. The van der Waals surface area contributed by atoms with E-state index in [1.807, 2.05) is 4.90 Å². The fourth-order valence-corrected chi connectivity index (χ4v) is 3.59. The monoisotopic (exact) mass is 277 g/mol. The molecule has 2 atom stereocenters. The van der Waals surface area contributed by atoms with Crippen LogP contribution in [-0.2, 0) is 11.2 Å². The van der Waals surface area contributed by atoms with Crippen molar-refractivity contribution >= 4 is 5.91 Å². The number of hydrogen-bond acceptors (Lipinski definition) is 2. The predicted octanol–water partition coefficient (Wildman–Crippen LogP) is 2.27. The van der Waals surface area contributed by atoms with Crippen molar-refractivity contribution in [3.8, 4) is 0 Å². The lowest BCUT2D eigenvalue weighted by Gasteiger charge is -2.37. The van der Waals surface area contributed by atoms with Gasteiger partial charge in [-0.3, -0.25) is 4.79 Å². The van der Waals surface area contributed by atoms with Gasteiger partial charge in [0.05, 0.1) is 6.10 Å². The Kier molecular flexibility index (Phi) is 3.74.